The third-order valence-electron chi connectivity index (χ3n) is 4.43. The van der Waals surface area contributed by atoms with Gasteiger partial charge >= 0.3 is 0 Å². The fourth-order valence-electron chi connectivity index (χ4n) is 3.86. The zero-order valence-electron chi connectivity index (χ0n) is 13.9. The van der Waals surface area contributed by atoms with E-state index in [0.29, 0.717) is 17.7 Å². The van der Waals surface area contributed by atoms with E-state index >= 15 is 0 Å². The molecule has 1 aliphatic heterocycles. The predicted octanol–water partition coefficient (Wildman–Crippen LogP) is 1.60. The molecule has 0 amide bonds. The Morgan fingerprint density at radius 3 is 2.61 bits per heavy atom. The van der Waals surface area contributed by atoms with Gasteiger partial charge in [0.05, 0.1) is 28.2 Å². The number of hydrogen-bond donors (Lipinski definition) is 3. The standard InChI is InChI=1S/C16H23N3O4/c1-15(2)9-12(17-21)13(16(3,4)18-15)14(20)10-6-5-7-11(8-10)19(22)23/h5-8,13-14,18,20-21H,9H2,1-4H3/p+1/b17-12-/t13-,14-/m1/s1. The average Bonchev–Trinajstić information content (AvgIpc) is 2.43. The quantitative estimate of drug-likeness (QED) is 0.445. The van der Waals surface area contributed by atoms with Crippen molar-refractivity contribution in [3.63, 3.8) is 0 Å². The second kappa shape index (κ2) is 5.90. The molecule has 0 aliphatic carbocycles. The Bertz CT molecular complexity index is 640. The summed E-state index contributed by atoms with van der Waals surface area (Å²) in [6.07, 6.45) is -0.452. The summed E-state index contributed by atoms with van der Waals surface area (Å²) in [4.78, 5) is 10.5. The topological polar surface area (TPSA) is 113 Å². The molecule has 0 aromatic heterocycles. The van der Waals surface area contributed by atoms with Crippen LogP contribution in [0, 0.1) is 16.0 Å². The number of aliphatic hydroxyl groups excluding tert-OH is 1. The first-order valence-electron chi connectivity index (χ1n) is 7.58. The molecular weight excluding hydrogens is 298 g/mol. The molecule has 0 unspecified atom stereocenters. The van der Waals surface area contributed by atoms with Gasteiger partial charge in [-0.05, 0) is 33.3 Å². The van der Waals surface area contributed by atoms with Crippen LogP contribution in [-0.4, -0.2) is 32.0 Å². The molecule has 7 nitrogen and oxygen atoms in total. The van der Waals surface area contributed by atoms with Crippen molar-refractivity contribution < 1.29 is 20.6 Å². The smallest absolute Gasteiger partial charge is 0.269 e. The Hall–Kier alpha value is -1.99. The largest absolute Gasteiger partial charge is 0.411 e. The maximum Gasteiger partial charge on any atom is 0.269 e. The minimum absolute atomic E-state index is 0.0676. The molecule has 2 atom stereocenters. The molecule has 1 heterocycles. The molecule has 1 saturated heterocycles. The predicted molar refractivity (Wildman–Crippen MR) is 85.5 cm³/mol. The molecule has 1 aliphatic rings. The number of non-ortho nitro benzene ring substituents is 1. The monoisotopic (exact) mass is 322 g/mol. The van der Waals surface area contributed by atoms with Crippen LogP contribution in [0.3, 0.4) is 0 Å². The molecule has 126 valence electrons. The number of quaternary nitrogens is 1. The van der Waals surface area contributed by atoms with Gasteiger partial charge in [-0.25, -0.2) is 0 Å². The Morgan fingerprint density at radius 1 is 1.39 bits per heavy atom. The molecule has 0 saturated carbocycles. The van der Waals surface area contributed by atoms with Gasteiger partial charge in [-0.1, -0.05) is 17.3 Å². The first-order valence-corrected chi connectivity index (χ1v) is 7.58. The lowest BCUT2D eigenvalue weighted by molar-refractivity contribution is -0.787. The summed E-state index contributed by atoms with van der Waals surface area (Å²) in [5, 5.41) is 36.8. The molecular formula is C16H24N3O4+. The summed E-state index contributed by atoms with van der Waals surface area (Å²) in [7, 11) is 0. The van der Waals surface area contributed by atoms with E-state index in [1.807, 2.05) is 13.8 Å². The van der Waals surface area contributed by atoms with E-state index in [1.54, 1.807) is 12.1 Å². The van der Waals surface area contributed by atoms with Crippen LogP contribution in [-0.2, 0) is 0 Å². The van der Waals surface area contributed by atoms with Gasteiger partial charge in [0.15, 0.2) is 0 Å². The molecule has 0 radical (unpaired) electrons. The van der Waals surface area contributed by atoms with E-state index in [0.717, 1.165) is 0 Å². The lowest BCUT2D eigenvalue weighted by Crippen LogP contribution is -3.07. The highest BCUT2D eigenvalue weighted by Crippen LogP contribution is 2.36. The minimum atomic E-state index is -0.983. The van der Waals surface area contributed by atoms with Crippen LogP contribution in [0.25, 0.3) is 0 Å². The molecule has 1 fully saturated rings. The van der Waals surface area contributed by atoms with E-state index in [9.17, 15) is 20.4 Å². The van der Waals surface area contributed by atoms with Crippen molar-refractivity contribution in [2.24, 2.45) is 11.1 Å². The molecule has 2 rings (SSSR count). The van der Waals surface area contributed by atoms with Crippen LogP contribution in [0.4, 0.5) is 5.69 Å². The molecule has 1 aromatic rings. The van der Waals surface area contributed by atoms with Crippen LogP contribution >= 0.6 is 0 Å². The summed E-state index contributed by atoms with van der Waals surface area (Å²) < 4.78 is 0. The molecule has 0 spiro atoms. The van der Waals surface area contributed by atoms with Crippen molar-refractivity contribution in [1.82, 2.24) is 0 Å². The van der Waals surface area contributed by atoms with Crippen molar-refractivity contribution in [3.8, 4) is 0 Å². The average molecular weight is 322 g/mol. The number of nitrogens with two attached hydrogens (primary N) is 1. The van der Waals surface area contributed by atoms with Gasteiger partial charge in [0.1, 0.15) is 5.54 Å². The molecule has 7 heteroatoms. The number of benzene rings is 1. The zero-order valence-corrected chi connectivity index (χ0v) is 13.9. The van der Waals surface area contributed by atoms with Gasteiger partial charge < -0.3 is 15.6 Å². The molecule has 1 aromatic carbocycles. The lowest BCUT2D eigenvalue weighted by atomic mass is 9.69. The zero-order chi connectivity index (χ0) is 17.4. The van der Waals surface area contributed by atoms with Crippen molar-refractivity contribution in [1.29, 1.82) is 0 Å². The molecule has 23 heavy (non-hydrogen) atoms. The number of nitrogens with zero attached hydrogens (tertiary/aromatic N) is 2. The Balaban J connectivity index is 2.42. The molecule has 4 N–H and O–H groups in total. The van der Waals surface area contributed by atoms with E-state index in [4.69, 9.17) is 0 Å². The first kappa shape index (κ1) is 17.4. The van der Waals surface area contributed by atoms with E-state index in [-0.39, 0.29) is 11.2 Å². The Kier molecular flexibility index (Phi) is 4.45. The number of aliphatic hydroxyl groups is 1. The SMILES string of the molecule is CC1(C)C/C(=N/O)[C@H]([C@H](O)c2cccc([N+](=O)[O-])c2)C(C)(C)[NH2+]1. The highest BCUT2D eigenvalue weighted by Gasteiger charge is 2.51. The van der Waals surface area contributed by atoms with Crippen LogP contribution in [0.5, 0.6) is 0 Å². The molecule has 0 bridgehead atoms. The van der Waals surface area contributed by atoms with Gasteiger partial charge in [-0.3, -0.25) is 10.1 Å². The Morgan fingerprint density at radius 2 is 2.04 bits per heavy atom. The fraction of sp³-hybridized carbons (Fsp3) is 0.562. The van der Waals surface area contributed by atoms with Crippen molar-refractivity contribution in [2.75, 3.05) is 0 Å². The van der Waals surface area contributed by atoms with Crippen LogP contribution in [0.15, 0.2) is 29.4 Å². The van der Waals surface area contributed by atoms with Crippen LogP contribution < -0.4 is 5.32 Å². The van der Waals surface area contributed by atoms with E-state index in [2.05, 4.69) is 24.3 Å². The van der Waals surface area contributed by atoms with Crippen molar-refractivity contribution >= 4 is 11.4 Å². The number of rotatable bonds is 3. The van der Waals surface area contributed by atoms with Gasteiger partial charge in [0, 0.05) is 18.6 Å². The third-order valence-corrected chi connectivity index (χ3v) is 4.43. The summed E-state index contributed by atoms with van der Waals surface area (Å²) in [5.74, 6) is -0.442. The number of hydrogen-bond acceptors (Lipinski definition) is 5. The van der Waals surface area contributed by atoms with Crippen LogP contribution in [0.1, 0.15) is 45.8 Å². The number of piperidine rings is 1. The lowest BCUT2D eigenvalue weighted by Gasteiger charge is -2.46. The van der Waals surface area contributed by atoms with E-state index < -0.39 is 22.5 Å². The second-order valence-corrected chi connectivity index (χ2v) is 7.50. The minimum Gasteiger partial charge on any atom is -0.411 e. The fourth-order valence-corrected chi connectivity index (χ4v) is 3.86. The number of nitro groups is 1. The first-order chi connectivity index (χ1) is 10.6. The van der Waals surface area contributed by atoms with Gasteiger partial charge in [0.2, 0.25) is 0 Å². The summed E-state index contributed by atoms with van der Waals surface area (Å²) in [6.45, 7) is 8.06. The second-order valence-electron chi connectivity index (χ2n) is 7.50. The highest BCUT2D eigenvalue weighted by molar-refractivity contribution is 5.89. The number of oxime groups is 1. The number of nitro benzene ring substituents is 1. The third kappa shape index (κ3) is 3.51. The van der Waals surface area contributed by atoms with Crippen molar-refractivity contribution in [3.05, 3.63) is 39.9 Å². The van der Waals surface area contributed by atoms with E-state index in [1.165, 1.54) is 12.1 Å². The maximum absolute atomic E-state index is 10.9. The van der Waals surface area contributed by atoms with Gasteiger partial charge in [-0.15, -0.1) is 0 Å². The van der Waals surface area contributed by atoms with Crippen molar-refractivity contribution in [2.45, 2.75) is 51.3 Å². The van der Waals surface area contributed by atoms with Crippen LogP contribution in [0.2, 0.25) is 0 Å². The normalized spacial score (nSPS) is 26.0. The highest BCUT2D eigenvalue weighted by atomic mass is 16.6. The summed E-state index contributed by atoms with van der Waals surface area (Å²) in [5.41, 5.74) is 0.326. The summed E-state index contributed by atoms with van der Waals surface area (Å²) >= 11 is 0. The van der Waals surface area contributed by atoms with Gasteiger partial charge in [0.25, 0.3) is 5.69 Å². The van der Waals surface area contributed by atoms with Gasteiger partial charge in [-0.2, -0.15) is 0 Å². The maximum atomic E-state index is 10.9. The Labute approximate surface area is 135 Å². The summed E-state index contributed by atoms with van der Waals surface area (Å²) in [6, 6.07) is 5.96.